The Hall–Kier alpha value is 0. The summed E-state index contributed by atoms with van der Waals surface area (Å²) in [5.74, 6) is 5.31. The zero-order valence-corrected chi connectivity index (χ0v) is 15.7. The van der Waals surface area contributed by atoms with Crippen LogP contribution in [0.1, 0.15) is 93.9 Å². The first kappa shape index (κ1) is 20.0. The molecule has 0 aliphatic carbocycles. The summed E-state index contributed by atoms with van der Waals surface area (Å²) in [6.45, 7) is 19.1. The molecule has 0 aromatic carbocycles. The number of rotatable bonds is 11. The first-order valence-corrected chi connectivity index (χ1v) is 9.22. The van der Waals surface area contributed by atoms with Crippen LogP contribution in [-0.4, -0.2) is 0 Å². The summed E-state index contributed by atoms with van der Waals surface area (Å²) >= 11 is 0. The molecule has 0 saturated carbocycles. The Morgan fingerprint density at radius 1 is 0.450 bits per heavy atom. The van der Waals surface area contributed by atoms with Crippen LogP contribution in [0, 0.1) is 35.5 Å². The van der Waals surface area contributed by atoms with Gasteiger partial charge >= 0.3 is 0 Å². The highest BCUT2D eigenvalue weighted by Gasteiger charge is 2.24. The summed E-state index contributed by atoms with van der Waals surface area (Å²) in [5, 5.41) is 0. The van der Waals surface area contributed by atoms with E-state index in [1.807, 2.05) is 0 Å². The van der Waals surface area contributed by atoms with Gasteiger partial charge < -0.3 is 0 Å². The molecule has 0 rings (SSSR count). The average Bonchev–Trinajstić information content (AvgIpc) is 2.24. The minimum absolute atomic E-state index is 0.846. The highest BCUT2D eigenvalue weighted by Crippen LogP contribution is 2.35. The molecule has 0 spiro atoms. The maximum absolute atomic E-state index is 2.40. The number of hydrogen-bond donors (Lipinski definition) is 0. The first-order chi connectivity index (χ1) is 9.22. The largest absolute Gasteiger partial charge is 0.0628 e. The van der Waals surface area contributed by atoms with Gasteiger partial charge in [-0.15, -0.1) is 0 Å². The predicted molar refractivity (Wildman–Crippen MR) is 94.0 cm³/mol. The van der Waals surface area contributed by atoms with Crippen LogP contribution in [-0.2, 0) is 0 Å². The zero-order chi connectivity index (χ0) is 15.7. The van der Waals surface area contributed by atoms with Crippen LogP contribution in [0.15, 0.2) is 0 Å². The molecule has 0 aliphatic heterocycles. The molecule has 1 unspecified atom stereocenters. The van der Waals surface area contributed by atoms with Crippen LogP contribution >= 0.6 is 0 Å². The van der Waals surface area contributed by atoms with E-state index in [0.717, 1.165) is 35.5 Å². The van der Waals surface area contributed by atoms with Crippen LogP contribution in [0.3, 0.4) is 0 Å². The fourth-order valence-corrected chi connectivity index (χ4v) is 3.63. The van der Waals surface area contributed by atoms with Crippen LogP contribution < -0.4 is 0 Å². The SMILES string of the molecule is CC(C)CCCC(CC(C)C)C(CC(C)C)CC(C)C. The van der Waals surface area contributed by atoms with E-state index in [4.69, 9.17) is 0 Å². The Labute approximate surface area is 130 Å². The molecule has 0 N–H and O–H groups in total. The molecular formula is C20H42. The van der Waals surface area contributed by atoms with Crippen molar-refractivity contribution >= 4 is 0 Å². The van der Waals surface area contributed by atoms with E-state index in [0.29, 0.717) is 0 Å². The van der Waals surface area contributed by atoms with Gasteiger partial charge in [-0.3, -0.25) is 0 Å². The van der Waals surface area contributed by atoms with Crippen LogP contribution in [0.4, 0.5) is 0 Å². The van der Waals surface area contributed by atoms with Gasteiger partial charge in [0.1, 0.15) is 0 Å². The molecule has 0 bridgehead atoms. The predicted octanol–water partition coefficient (Wildman–Crippen LogP) is 7.18. The van der Waals surface area contributed by atoms with Gasteiger partial charge in [0.05, 0.1) is 0 Å². The van der Waals surface area contributed by atoms with Crippen LogP contribution in [0.2, 0.25) is 0 Å². The summed E-state index contributed by atoms with van der Waals surface area (Å²) in [6, 6.07) is 0. The summed E-state index contributed by atoms with van der Waals surface area (Å²) in [4.78, 5) is 0. The van der Waals surface area contributed by atoms with Crippen molar-refractivity contribution in [3.8, 4) is 0 Å². The van der Waals surface area contributed by atoms with Crippen LogP contribution in [0.5, 0.6) is 0 Å². The van der Waals surface area contributed by atoms with E-state index in [9.17, 15) is 0 Å². The molecule has 1 atom stereocenters. The Morgan fingerprint density at radius 3 is 1.20 bits per heavy atom. The fraction of sp³-hybridized carbons (Fsp3) is 1.00. The molecular weight excluding hydrogens is 240 g/mol. The molecule has 0 nitrogen and oxygen atoms in total. The summed E-state index contributed by atoms with van der Waals surface area (Å²) in [5.41, 5.74) is 0. The van der Waals surface area contributed by atoms with Crippen molar-refractivity contribution < 1.29 is 0 Å². The Morgan fingerprint density at radius 2 is 0.850 bits per heavy atom. The van der Waals surface area contributed by atoms with Gasteiger partial charge in [0.25, 0.3) is 0 Å². The molecule has 0 aromatic heterocycles. The van der Waals surface area contributed by atoms with Gasteiger partial charge in [-0.2, -0.15) is 0 Å². The van der Waals surface area contributed by atoms with E-state index in [1.165, 1.54) is 38.5 Å². The topological polar surface area (TPSA) is 0 Å². The highest BCUT2D eigenvalue weighted by atomic mass is 14.3. The van der Waals surface area contributed by atoms with Gasteiger partial charge in [0.2, 0.25) is 0 Å². The van der Waals surface area contributed by atoms with Crippen molar-refractivity contribution in [1.29, 1.82) is 0 Å². The van der Waals surface area contributed by atoms with Gasteiger partial charge in [-0.05, 0) is 54.8 Å². The minimum Gasteiger partial charge on any atom is -0.0628 e. The van der Waals surface area contributed by atoms with Crippen molar-refractivity contribution in [2.45, 2.75) is 93.9 Å². The van der Waals surface area contributed by atoms with Gasteiger partial charge in [-0.25, -0.2) is 0 Å². The molecule has 0 radical (unpaired) electrons. The van der Waals surface area contributed by atoms with Crippen molar-refractivity contribution in [2.24, 2.45) is 35.5 Å². The molecule has 20 heavy (non-hydrogen) atoms. The standard InChI is InChI=1S/C20H42/c1-15(2)10-9-11-19(12-16(3)4)20(13-17(5)6)14-18(7)8/h15-20H,9-14H2,1-8H3. The molecule has 0 heteroatoms. The Bertz CT molecular complexity index is 202. The van der Waals surface area contributed by atoms with E-state index in [-0.39, 0.29) is 0 Å². The van der Waals surface area contributed by atoms with E-state index in [1.54, 1.807) is 0 Å². The molecule has 0 saturated heterocycles. The third-order valence-corrected chi connectivity index (χ3v) is 4.35. The normalized spacial score (nSPS) is 14.2. The van der Waals surface area contributed by atoms with Crippen molar-refractivity contribution in [3.63, 3.8) is 0 Å². The molecule has 0 heterocycles. The molecule has 0 aliphatic rings. The minimum atomic E-state index is 0.846. The smallest absolute Gasteiger partial charge is 0.0381 e. The lowest BCUT2D eigenvalue weighted by Gasteiger charge is -2.31. The van der Waals surface area contributed by atoms with Gasteiger partial charge in [0.15, 0.2) is 0 Å². The molecule has 0 fully saturated rings. The molecule has 0 aromatic rings. The molecule has 0 amide bonds. The van der Waals surface area contributed by atoms with Crippen molar-refractivity contribution in [1.82, 2.24) is 0 Å². The second-order valence-electron chi connectivity index (χ2n) is 8.73. The second-order valence-corrected chi connectivity index (χ2v) is 8.73. The summed E-state index contributed by atoms with van der Waals surface area (Å²) in [7, 11) is 0. The van der Waals surface area contributed by atoms with Crippen LogP contribution in [0.25, 0.3) is 0 Å². The Balaban J connectivity index is 4.61. The summed E-state index contributed by atoms with van der Waals surface area (Å²) in [6.07, 6.45) is 8.59. The third kappa shape index (κ3) is 10.7. The molecule has 122 valence electrons. The van der Waals surface area contributed by atoms with E-state index >= 15 is 0 Å². The second kappa shape index (κ2) is 10.7. The van der Waals surface area contributed by atoms with Gasteiger partial charge in [-0.1, -0.05) is 74.7 Å². The first-order valence-electron chi connectivity index (χ1n) is 9.22. The lowest BCUT2D eigenvalue weighted by molar-refractivity contribution is 0.194. The lowest BCUT2D eigenvalue weighted by atomic mass is 9.74. The summed E-state index contributed by atoms with van der Waals surface area (Å²) < 4.78 is 0. The average molecular weight is 283 g/mol. The van der Waals surface area contributed by atoms with Crippen molar-refractivity contribution in [2.75, 3.05) is 0 Å². The fourth-order valence-electron chi connectivity index (χ4n) is 3.63. The number of hydrogen-bond acceptors (Lipinski definition) is 0. The maximum Gasteiger partial charge on any atom is -0.0381 e. The zero-order valence-electron chi connectivity index (χ0n) is 15.7. The van der Waals surface area contributed by atoms with E-state index < -0.39 is 0 Å². The maximum atomic E-state index is 2.40. The van der Waals surface area contributed by atoms with Crippen molar-refractivity contribution in [3.05, 3.63) is 0 Å². The van der Waals surface area contributed by atoms with E-state index in [2.05, 4.69) is 55.4 Å². The quantitative estimate of drug-likeness (QED) is 0.376. The third-order valence-electron chi connectivity index (χ3n) is 4.35. The lowest BCUT2D eigenvalue weighted by Crippen LogP contribution is -2.21. The Kier molecular flexibility index (Phi) is 10.7. The highest BCUT2D eigenvalue weighted by molar-refractivity contribution is 4.74. The monoisotopic (exact) mass is 282 g/mol. The van der Waals surface area contributed by atoms with Gasteiger partial charge in [0, 0.05) is 0 Å².